The fraction of sp³-hybridized carbons (Fsp3) is 0.938. The van der Waals surface area contributed by atoms with Gasteiger partial charge in [0.05, 0.1) is 18.3 Å². The summed E-state index contributed by atoms with van der Waals surface area (Å²) in [5.41, 5.74) is -0.380. The number of rotatable bonds is 5. The minimum Gasteiger partial charge on any atom is -0.381 e. The van der Waals surface area contributed by atoms with E-state index in [0.717, 1.165) is 39.0 Å². The number of hydrogen-bond donors (Lipinski definition) is 1. The highest BCUT2D eigenvalue weighted by molar-refractivity contribution is 5.88. The van der Waals surface area contributed by atoms with Crippen LogP contribution in [0.4, 0.5) is 0 Å². The molecule has 2 rings (SSSR count). The van der Waals surface area contributed by atoms with Gasteiger partial charge in [-0.3, -0.25) is 10.1 Å². The van der Waals surface area contributed by atoms with Gasteiger partial charge in [-0.05, 0) is 38.5 Å². The molecule has 4 heteroatoms. The second-order valence-corrected chi connectivity index (χ2v) is 7.02. The minimum absolute atomic E-state index is 0.189. The molecule has 4 nitrogen and oxygen atoms in total. The molecule has 0 aliphatic carbocycles. The minimum atomic E-state index is -0.380. The summed E-state index contributed by atoms with van der Waals surface area (Å²) in [6.45, 7) is 11.1. The molecule has 0 radical (unpaired) electrons. The van der Waals surface area contributed by atoms with Crippen molar-refractivity contribution in [1.82, 2.24) is 10.2 Å². The number of carbonyl (C=O) groups is 1. The predicted octanol–water partition coefficient (Wildman–Crippen LogP) is 2.39. The molecule has 20 heavy (non-hydrogen) atoms. The van der Waals surface area contributed by atoms with E-state index in [1.54, 1.807) is 0 Å². The van der Waals surface area contributed by atoms with Gasteiger partial charge in [0, 0.05) is 19.1 Å². The zero-order valence-electron chi connectivity index (χ0n) is 13.4. The lowest BCUT2D eigenvalue weighted by atomic mass is 9.98. The summed E-state index contributed by atoms with van der Waals surface area (Å²) in [4.78, 5) is 14.8. The first-order valence-electron chi connectivity index (χ1n) is 8.12. The SMILES string of the molecule is CCC1(C)NC(CC(C)C)N(CC2CCCOC2)C1=O. The molecule has 3 atom stereocenters. The summed E-state index contributed by atoms with van der Waals surface area (Å²) in [6.07, 6.45) is 4.36. The second kappa shape index (κ2) is 6.44. The third-order valence-corrected chi connectivity index (χ3v) is 4.71. The van der Waals surface area contributed by atoms with Crippen LogP contribution in [0.1, 0.15) is 53.4 Å². The van der Waals surface area contributed by atoms with Gasteiger partial charge in [-0.1, -0.05) is 20.8 Å². The summed E-state index contributed by atoms with van der Waals surface area (Å²) < 4.78 is 5.56. The Morgan fingerprint density at radius 1 is 1.50 bits per heavy atom. The quantitative estimate of drug-likeness (QED) is 0.842. The molecular weight excluding hydrogens is 252 g/mol. The van der Waals surface area contributed by atoms with Gasteiger partial charge in [-0.25, -0.2) is 0 Å². The summed E-state index contributed by atoms with van der Waals surface area (Å²) >= 11 is 0. The van der Waals surface area contributed by atoms with Crippen molar-refractivity contribution in [2.24, 2.45) is 11.8 Å². The number of nitrogens with zero attached hydrogens (tertiary/aromatic N) is 1. The van der Waals surface area contributed by atoms with Crippen molar-refractivity contribution in [2.75, 3.05) is 19.8 Å². The highest BCUT2D eigenvalue weighted by Gasteiger charge is 2.47. The molecule has 0 aromatic heterocycles. The van der Waals surface area contributed by atoms with E-state index in [1.165, 1.54) is 6.42 Å². The Hall–Kier alpha value is -0.610. The molecule has 0 aromatic carbocycles. The van der Waals surface area contributed by atoms with Crippen LogP contribution < -0.4 is 5.32 Å². The van der Waals surface area contributed by atoms with Gasteiger partial charge in [0.15, 0.2) is 0 Å². The van der Waals surface area contributed by atoms with Crippen LogP contribution in [0, 0.1) is 11.8 Å². The molecule has 2 aliphatic rings. The zero-order valence-corrected chi connectivity index (χ0v) is 13.4. The van der Waals surface area contributed by atoms with Crippen LogP contribution >= 0.6 is 0 Å². The first-order chi connectivity index (χ1) is 9.46. The van der Waals surface area contributed by atoms with Crippen LogP contribution in [-0.4, -0.2) is 42.3 Å². The molecule has 3 unspecified atom stereocenters. The van der Waals surface area contributed by atoms with Crippen LogP contribution in [0.2, 0.25) is 0 Å². The lowest BCUT2D eigenvalue weighted by molar-refractivity contribution is -0.134. The average molecular weight is 282 g/mol. The topological polar surface area (TPSA) is 41.6 Å². The van der Waals surface area contributed by atoms with Gasteiger partial charge in [-0.2, -0.15) is 0 Å². The second-order valence-electron chi connectivity index (χ2n) is 7.02. The van der Waals surface area contributed by atoms with E-state index < -0.39 is 0 Å². The number of carbonyl (C=O) groups excluding carboxylic acids is 1. The van der Waals surface area contributed by atoms with Gasteiger partial charge < -0.3 is 9.64 Å². The molecule has 0 aromatic rings. The molecule has 2 aliphatic heterocycles. The van der Waals surface area contributed by atoms with Gasteiger partial charge in [0.2, 0.25) is 5.91 Å². The summed E-state index contributed by atoms with van der Waals surface area (Å²) in [5.74, 6) is 1.37. The summed E-state index contributed by atoms with van der Waals surface area (Å²) in [6, 6.07) is 0. The van der Waals surface area contributed by atoms with E-state index in [0.29, 0.717) is 11.8 Å². The Morgan fingerprint density at radius 3 is 2.80 bits per heavy atom. The van der Waals surface area contributed by atoms with Crippen LogP contribution in [0.3, 0.4) is 0 Å². The van der Waals surface area contributed by atoms with Crippen LogP contribution in [0.15, 0.2) is 0 Å². The lowest BCUT2D eigenvalue weighted by Crippen LogP contribution is -2.44. The predicted molar refractivity (Wildman–Crippen MR) is 80.3 cm³/mol. The maximum Gasteiger partial charge on any atom is 0.243 e. The molecule has 0 bridgehead atoms. The third-order valence-electron chi connectivity index (χ3n) is 4.71. The first kappa shape index (κ1) is 15.8. The highest BCUT2D eigenvalue weighted by atomic mass is 16.5. The highest BCUT2D eigenvalue weighted by Crippen LogP contribution is 2.29. The standard InChI is InChI=1S/C16H30N2O2/c1-5-16(4)15(19)18(14(17-16)9-12(2)3)10-13-7-6-8-20-11-13/h12-14,17H,5-11H2,1-4H3. The average Bonchev–Trinajstić information content (AvgIpc) is 2.65. The van der Waals surface area contributed by atoms with Gasteiger partial charge in [-0.15, -0.1) is 0 Å². The monoisotopic (exact) mass is 282 g/mol. The number of nitrogens with one attached hydrogen (secondary N) is 1. The van der Waals surface area contributed by atoms with Gasteiger partial charge in [0.25, 0.3) is 0 Å². The maximum atomic E-state index is 12.7. The van der Waals surface area contributed by atoms with E-state index in [2.05, 4.69) is 31.0 Å². The van der Waals surface area contributed by atoms with Crippen molar-refractivity contribution in [3.8, 4) is 0 Å². The molecule has 0 spiro atoms. The fourth-order valence-corrected chi connectivity index (χ4v) is 3.29. The van der Waals surface area contributed by atoms with E-state index in [-0.39, 0.29) is 17.6 Å². The molecular formula is C16H30N2O2. The van der Waals surface area contributed by atoms with Crippen LogP contribution in [0.5, 0.6) is 0 Å². The number of ether oxygens (including phenoxy) is 1. The normalized spacial score (nSPS) is 35.0. The number of amides is 1. The Labute approximate surface area is 123 Å². The largest absolute Gasteiger partial charge is 0.381 e. The lowest BCUT2D eigenvalue weighted by Gasteiger charge is -2.31. The van der Waals surface area contributed by atoms with E-state index in [4.69, 9.17) is 4.74 Å². The van der Waals surface area contributed by atoms with Gasteiger partial charge in [0.1, 0.15) is 0 Å². The van der Waals surface area contributed by atoms with E-state index >= 15 is 0 Å². The molecule has 2 fully saturated rings. The Morgan fingerprint density at radius 2 is 2.25 bits per heavy atom. The van der Waals surface area contributed by atoms with Crippen molar-refractivity contribution < 1.29 is 9.53 Å². The van der Waals surface area contributed by atoms with E-state index in [1.807, 2.05) is 6.92 Å². The Kier molecular flexibility index (Phi) is 5.08. The molecule has 2 heterocycles. The summed E-state index contributed by atoms with van der Waals surface area (Å²) in [5, 5.41) is 3.57. The van der Waals surface area contributed by atoms with Crippen LogP contribution in [-0.2, 0) is 9.53 Å². The Balaban J connectivity index is 2.06. The number of hydrogen-bond acceptors (Lipinski definition) is 3. The van der Waals surface area contributed by atoms with Gasteiger partial charge >= 0.3 is 0 Å². The fourth-order valence-electron chi connectivity index (χ4n) is 3.29. The molecule has 1 N–H and O–H groups in total. The van der Waals surface area contributed by atoms with Crippen molar-refractivity contribution in [1.29, 1.82) is 0 Å². The van der Waals surface area contributed by atoms with Crippen molar-refractivity contribution >= 4 is 5.91 Å². The first-order valence-corrected chi connectivity index (χ1v) is 8.12. The molecule has 1 amide bonds. The zero-order chi connectivity index (χ0) is 14.8. The van der Waals surface area contributed by atoms with Crippen molar-refractivity contribution in [3.05, 3.63) is 0 Å². The molecule has 2 saturated heterocycles. The van der Waals surface area contributed by atoms with Crippen LogP contribution in [0.25, 0.3) is 0 Å². The van der Waals surface area contributed by atoms with E-state index in [9.17, 15) is 4.79 Å². The molecule has 116 valence electrons. The summed E-state index contributed by atoms with van der Waals surface area (Å²) in [7, 11) is 0. The smallest absolute Gasteiger partial charge is 0.243 e. The Bertz CT molecular complexity index is 339. The molecule has 0 saturated carbocycles. The maximum absolute atomic E-state index is 12.7. The van der Waals surface area contributed by atoms with Crippen molar-refractivity contribution in [3.63, 3.8) is 0 Å². The third kappa shape index (κ3) is 3.34. The van der Waals surface area contributed by atoms with Crippen molar-refractivity contribution in [2.45, 2.75) is 65.1 Å².